The van der Waals surface area contributed by atoms with E-state index < -0.39 is 5.97 Å². The lowest BCUT2D eigenvalue weighted by atomic mass is 10.4. The zero-order valence-electron chi connectivity index (χ0n) is 9.01. The molecule has 0 spiro atoms. The standard InChI is InChI=1S/C10H11N3O2S/c1-3-15-9(14)8-6-7-4-5-11-10(16-2)13(7)12-8/h4-6H,3H2,1-2H3. The molecule has 2 aromatic heterocycles. The number of hydrogen-bond acceptors (Lipinski definition) is 5. The largest absolute Gasteiger partial charge is 0.461 e. The van der Waals surface area contributed by atoms with Crippen LogP contribution in [0.25, 0.3) is 5.52 Å². The van der Waals surface area contributed by atoms with Gasteiger partial charge in [-0.1, -0.05) is 11.8 Å². The van der Waals surface area contributed by atoms with Crippen LogP contribution in [0.15, 0.2) is 23.5 Å². The van der Waals surface area contributed by atoms with Crippen molar-refractivity contribution in [2.45, 2.75) is 12.1 Å². The minimum atomic E-state index is -0.404. The Bertz CT molecular complexity index is 524. The Balaban J connectivity index is 2.47. The van der Waals surface area contributed by atoms with Gasteiger partial charge in [0.15, 0.2) is 10.9 Å². The lowest BCUT2D eigenvalue weighted by Crippen LogP contribution is -2.05. The van der Waals surface area contributed by atoms with Crippen LogP contribution in [0.1, 0.15) is 17.4 Å². The first-order valence-electron chi connectivity index (χ1n) is 4.82. The van der Waals surface area contributed by atoms with E-state index in [0.29, 0.717) is 12.3 Å². The molecule has 0 atom stereocenters. The highest BCUT2D eigenvalue weighted by atomic mass is 32.2. The van der Waals surface area contributed by atoms with Gasteiger partial charge in [-0.15, -0.1) is 0 Å². The molecule has 0 aliphatic heterocycles. The van der Waals surface area contributed by atoms with Gasteiger partial charge < -0.3 is 4.74 Å². The molecule has 0 aliphatic carbocycles. The van der Waals surface area contributed by atoms with Gasteiger partial charge in [0.25, 0.3) is 0 Å². The molecule has 0 aliphatic rings. The molecule has 0 amide bonds. The molecule has 84 valence electrons. The highest BCUT2D eigenvalue weighted by Gasteiger charge is 2.13. The Kier molecular flexibility index (Phi) is 3.09. The lowest BCUT2D eigenvalue weighted by Gasteiger charge is -1.98. The average Bonchev–Trinajstić information content (AvgIpc) is 2.72. The van der Waals surface area contributed by atoms with Crippen molar-refractivity contribution in [2.75, 3.05) is 12.9 Å². The van der Waals surface area contributed by atoms with Crippen molar-refractivity contribution in [2.24, 2.45) is 0 Å². The number of carbonyl (C=O) groups is 1. The number of esters is 1. The summed E-state index contributed by atoms with van der Waals surface area (Å²) in [6.45, 7) is 2.11. The Labute approximate surface area is 96.8 Å². The van der Waals surface area contributed by atoms with Gasteiger partial charge in [-0.05, 0) is 25.3 Å². The summed E-state index contributed by atoms with van der Waals surface area (Å²) in [6, 6.07) is 3.49. The molecule has 2 heterocycles. The summed E-state index contributed by atoms with van der Waals surface area (Å²) in [5, 5.41) is 4.90. The van der Waals surface area contributed by atoms with Crippen molar-refractivity contribution < 1.29 is 9.53 Å². The zero-order chi connectivity index (χ0) is 11.5. The average molecular weight is 237 g/mol. The molecule has 2 rings (SSSR count). The normalized spacial score (nSPS) is 10.6. The monoisotopic (exact) mass is 237 g/mol. The second-order valence-electron chi connectivity index (χ2n) is 3.02. The number of rotatable bonds is 3. The molecule has 0 N–H and O–H groups in total. The van der Waals surface area contributed by atoms with Crippen LogP contribution in [0.4, 0.5) is 0 Å². The molecule has 0 fully saturated rings. The van der Waals surface area contributed by atoms with Crippen LogP contribution in [-0.2, 0) is 4.74 Å². The first kappa shape index (κ1) is 10.9. The van der Waals surface area contributed by atoms with Crippen molar-refractivity contribution in [1.82, 2.24) is 14.6 Å². The maximum absolute atomic E-state index is 11.5. The fourth-order valence-corrected chi connectivity index (χ4v) is 1.83. The topological polar surface area (TPSA) is 56.5 Å². The molecule has 5 nitrogen and oxygen atoms in total. The maximum Gasteiger partial charge on any atom is 0.358 e. The van der Waals surface area contributed by atoms with Gasteiger partial charge in [0.1, 0.15) is 0 Å². The summed E-state index contributed by atoms with van der Waals surface area (Å²) in [7, 11) is 0. The molecule has 2 aromatic rings. The molecule has 16 heavy (non-hydrogen) atoms. The van der Waals surface area contributed by atoms with E-state index in [0.717, 1.165) is 10.7 Å². The summed E-state index contributed by atoms with van der Waals surface area (Å²) in [6.07, 6.45) is 3.60. The van der Waals surface area contributed by atoms with Crippen LogP contribution >= 0.6 is 11.8 Å². The van der Waals surface area contributed by atoms with Crippen LogP contribution in [0.5, 0.6) is 0 Å². The number of carbonyl (C=O) groups excluding carboxylic acids is 1. The highest BCUT2D eigenvalue weighted by molar-refractivity contribution is 7.98. The van der Waals surface area contributed by atoms with E-state index >= 15 is 0 Å². The van der Waals surface area contributed by atoms with E-state index in [9.17, 15) is 4.79 Å². The second-order valence-corrected chi connectivity index (χ2v) is 3.79. The zero-order valence-corrected chi connectivity index (χ0v) is 9.82. The van der Waals surface area contributed by atoms with E-state index in [1.807, 2.05) is 6.26 Å². The predicted molar refractivity (Wildman–Crippen MR) is 60.7 cm³/mol. The fraction of sp³-hybridized carbons (Fsp3) is 0.300. The third-order valence-electron chi connectivity index (χ3n) is 2.02. The Morgan fingerprint density at radius 2 is 2.44 bits per heavy atom. The van der Waals surface area contributed by atoms with Gasteiger partial charge in [-0.3, -0.25) is 0 Å². The molecule has 6 heteroatoms. The van der Waals surface area contributed by atoms with Crippen molar-refractivity contribution >= 4 is 23.2 Å². The number of hydrogen-bond donors (Lipinski definition) is 0. The van der Waals surface area contributed by atoms with Crippen molar-refractivity contribution in [3.05, 3.63) is 24.0 Å². The summed E-state index contributed by atoms with van der Waals surface area (Å²) < 4.78 is 6.52. The third-order valence-corrected chi connectivity index (χ3v) is 2.66. The number of nitrogens with zero attached hydrogens (tertiary/aromatic N) is 3. The highest BCUT2D eigenvalue weighted by Crippen LogP contribution is 2.15. The molecule has 0 aromatic carbocycles. The van der Waals surface area contributed by atoms with Crippen LogP contribution in [0, 0.1) is 0 Å². The number of thioether (sulfide) groups is 1. The van der Waals surface area contributed by atoms with E-state index in [-0.39, 0.29) is 0 Å². The van der Waals surface area contributed by atoms with Crippen molar-refractivity contribution in [3.8, 4) is 0 Å². The van der Waals surface area contributed by atoms with Gasteiger partial charge in [-0.25, -0.2) is 14.3 Å². The first-order chi connectivity index (χ1) is 7.76. The van der Waals surface area contributed by atoms with Crippen LogP contribution in [0.2, 0.25) is 0 Å². The molecular formula is C10H11N3O2S. The van der Waals surface area contributed by atoms with Crippen molar-refractivity contribution in [1.29, 1.82) is 0 Å². The second kappa shape index (κ2) is 4.52. The van der Waals surface area contributed by atoms with E-state index in [4.69, 9.17) is 4.74 Å². The molecule has 0 radical (unpaired) electrons. The Hall–Kier alpha value is -1.56. The molecular weight excluding hydrogens is 226 g/mol. The third kappa shape index (κ3) is 1.88. The smallest absolute Gasteiger partial charge is 0.358 e. The quantitative estimate of drug-likeness (QED) is 0.461. The minimum Gasteiger partial charge on any atom is -0.461 e. The SMILES string of the molecule is CCOC(=O)c1cc2ccnc(SC)n2n1. The Morgan fingerprint density at radius 1 is 1.62 bits per heavy atom. The van der Waals surface area contributed by atoms with Crippen LogP contribution in [-0.4, -0.2) is 33.4 Å². The van der Waals surface area contributed by atoms with Gasteiger partial charge >= 0.3 is 5.97 Å². The minimum absolute atomic E-state index is 0.310. The van der Waals surface area contributed by atoms with Gasteiger partial charge in [0.05, 0.1) is 12.1 Å². The number of ether oxygens (including phenoxy) is 1. The van der Waals surface area contributed by atoms with Gasteiger partial charge in [-0.2, -0.15) is 5.10 Å². The molecule has 0 saturated heterocycles. The molecule has 0 unspecified atom stereocenters. The van der Waals surface area contributed by atoms with E-state index in [2.05, 4.69) is 10.1 Å². The van der Waals surface area contributed by atoms with Gasteiger partial charge in [0.2, 0.25) is 0 Å². The Morgan fingerprint density at radius 3 is 3.12 bits per heavy atom. The maximum atomic E-state index is 11.5. The summed E-state index contributed by atoms with van der Waals surface area (Å²) in [4.78, 5) is 15.6. The molecule has 0 saturated carbocycles. The number of aromatic nitrogens is 3. The van der Waals surface area contributed by atoms with Crippen molar-refractivity contribution in [3.63, 3.8) is 0 Å². The lowest BCUT2D eigenvalue weighted by molar-refractivity contribution is 0.0519. The predicted octanol–water partition coefficient (Wildman–Crippen LogP) is 1.63. The summed E-state index contributed by atoms with van der Waals surface area (Å²) in [5.74, 6) is -0.404. The summed E-state index contributed by atoms with van der Waals surface area (Å²) in [5.41, 5.74) is 1.15. The van der Waals surface area contributed by atoms with E-state index in [1.54, 1.807) is 29.8 Å². The van der Waals surface area contributed by atoms with Gasteiger partial charge in [0, 0.05) is 6.20 Å². The van der Waals surface area contributed by atoms with Crippen LogP contribution < -0.4 is 0 Å². The summed E-state index contributed by atoms with van der Waals surface area (Å²) >= 11 is 1.47. The fourth-order valence-electron chi connectivity index (χ4n) is 1.34. The number of fused-ring (bicyclic) bond motifs is 1. The van der Waals surface area contributed by atoms with E-state index in [1.165, 1.54) is 11.8 Å². The van der Waals surface area contributed by atoms with Crippen LogP contribution in [0.3, 0.4) is 0 Å². The first-order valence-corrected chi connectivity index (χ1v) is 6.04. The molecule has 0 bridgehead atoms.